The van der Waals surface area contributed by atoms with Crippen LogP contribution in [0, 0.1) is 19.7 Å². The normalized spacial score (nSPS) is 10.8. The molecule has 0 heterocycles. The van der Waals surface area contributed by atoms with Crippen molar-refractivity contribution in [3.8, 4) is 5.75 Å². The van der Waals surface area contributed by atoms with Crippen LogP contribution < -0.4 is 10.2 Å². The van der Waals surface area contributed by atoms with E-state index >= 15 is 0 Å². The molecule has 0 saturated heterocycles. The van der Waals surface area contributed by atoms with E-state index in [9.17, 15) is 9.18 Å². The number of ether oxygens (including phenoxy) is 1. The first-order valence-corrected chi connectivity index (χ1v) is 7.31. The number of halogens is 2. The third-order valence-corrected chi connectivity index (χ3v) is 3.41. The van der Waals surface area contributed by atoms with Gasteiger partial charge in [-0.3, -0.25) is 4.79 Å². The minimum atomic E-state index is -0.512. The van der Waals surface area contributed by atoms with Gasteiger partial charge in [0.2, 0.25) is 0 Å². The van der Waals surface area contributed by atoms with Gasteiger partial charge in [0.1, 0.15) is 11.6 Å². The number of benzene rings is 2. The zero-order valence-corrected chi connectivity index (χ0v) is 13.5. The van der Waals surface area contributed by atoms with Crippen LogP contribution in [0.3, 0.4) is 0 Å². The molecule has 0 bridgehead atoms. The summed E-state index contributed by atoms with van der Waals surface area (Å²) in [6, 6.07) is 10.0. The van der Waals surface area contributed by atoms with Gasteiger partial charge in [0.25, 0.3) is 5.91 Å². The average Bonchev–Trinajstić information content (AvgIpc) is 2.51. The van der Waals surface area contributed by atoms with E-state index in [0.29, 0.717) is 5.75 Å². The van der Waals surface area contributed by atoms with Crippen molar-refractivity contribution in [3.05, 3.63) is 63.9 Å². The van der Waals surface area contributed by atoms with Gasteiger partial charge in [-0.25, -0.2) is 9.82 Å². The van der Waals surface area contributed by atoms with E-state index in [4.69, 9.17) is 16.3 Å². The molecule has 0 aliphatic rings. The maximum atomic E-state index is 13.5. The van der Waals surface area contributed by atoms with E-state index in [1.54, 1.807) is 0 Å². The molecule has 1 amide bonds. The fraction of sp³-hybridized carbons (Fsp3) is 0.176. The topological polar surface area (TPSA) is 50.7 Å². The Morgan fingerprint density at radius 3 is 2.87 bits per heavy atom. The Labute approximate surface area is 138 Å². The highest BCUT2D eigenvalue weighted by atomic mass is 35.5. The van der Waals surface area contributed by atoms with Gasteiger partial charge in [-0.15, -0.1) is 0 Å². The molecular weight excluding hydrogens is 319 g/mol. The van der Waals surface area contributed by atoms with Gasteiger partial charge < -0.3 is 4.74 Å². The second kappa shape index (κ2) is 7.74. The van der Waals surface area contributed by atoms with E-state index in [-0.39, 0.29) is 17.2 Å². The van der Waals surface area contributed by atoms with E-state index in [0.717, 1.165) is 17.3 Å². The SMILES string of the molecule is Cc1ccc(C)c(OCC(=O)N/N=C/c2c(F)cccc2Cl)c1. The zero-order chi connectivity index (χ0) is 16.8. The Morgan fingerprint density at radius 2 is 2.13 bits per heavy atom. The molecule has 1 N–H and O–H groups in total. The Balaban J connectivity index is 1.90. The molecule has 120 valence electrons. The van der Waals surface area contributed by atoms with Crippen molar-refractivity contribution < 1.29 is 13.9 Å². The first kappa shape index (κ1) is 17.0. The van der Waals surface area contributed by atoms with Crippen LogP contribution in [0.1, 0.15) is 16.7 Å². The summed E-state index contributed by atoms with van der Waals surface area (Å²) in [5.41, 5.74) is 4.36. The largest absolute Gasteiger partial charge is 0.483 e. The lowest BCUT2D eigenvalue weighted by atomic mass is 10.1. The van der Waals surface area contributed by atoms with Crippen molar-refractivity contribution in [2.75, 3.05) is 6.61 Å². The maximum absolute atomic E-state index is 13.5. The number of rotatable bonds is 5. The molecule has 6 heteroatoms. The Hall–Kier alpha value is -2.40. The summed E-state index contributed by atoms with van der Waals surface area (Å²) in [5.74, 6) is -0.321. The van der Waals surface area contributed by atoms with E-state index < -0.39 is 11.7 Å². The highest BCUT2D eigenvalue weighted by Crippen LogP contribution is 2.19. The predicted octanol–water partition coefficient (Wildman–Crippen LogP) is 3.63. The molecule has 0 saturated carbocycles. The van der Waals surface area contributed by atoms with Crippen LogP contribution in [-0.2, 0) is 4.79 Å². The molecule has 2 aromatic carbocycles. The molecule has 0 spiro atoms. The zero-order valence-electron chi connectivity index (χ0n) is 12.8. The number of hydrazone groups is 1. The summed E-state index contributed by atoms with van der Waals surface area (Å²) in [6.45, 7) is 3.65. The van der Waals surface area contributed by atoms with E-state index in [2.05, 4.69) is 10.5 Å². The lowest BCUT2D eigenvalue weighted by Gasteiger charge is -2.08. The number of carbonyl (C=O) groups excluding carboxylic acids is 1. The second-order valence-electron chi connectivity index (χ2n) is 4.99. The number of nitrogens with one attached hydrogen (secondary N) is 1. The van der Waals surface area contributed by atoms with Crippen LogP contribution in [-0.4, -0.2) is 18.7 Å². The molecule has 0 fully saturated rings. The molecule has 0 aliphatic carbocycles. The standard InChI is InChI=1S/C17H16ClFN2O2/c1-11-6-7-12(2)16(8-11)23-10-17(22)21-20-9-13-14(18)4-3-5-15(13)19/h3-9H,10H2,1-2H3,(H,21,22)/b20-9+. The monoisotopic (exact) mass is 334 g/mol. The molecule has 2 rings (SSSR count). The first-order valence-electron chi connectivity index (χ1n) is 6.93. The minimum Gasteiger partial charge on any atom is -0.483 e. The third-order valence-electron chi connectivity index (χ3n) is 3.09. The van der Waals surface area contributed by atoms with Crippen molar-refractivity contribution >= 4 is 23.7 Å². The lowest BCUT2D eigenvalue weighted by molar-refractivity contribution is -0.123. The number of hydrogen-bond acceptors (Lipinski definition) is 3. The average molecular weight is 335 g/mol. The van der Waals surface area contributed by atoms with Gasteiger partial charge >= 0.3 is 0 Å². The number of amides is 1. The van der Waals surface area contributed by atoms with Crippen LogP contribution in [0.25, 0.3) is 0 Å². The summed E-state index contributed by atoms with van der Waals surface area (Å²) in [6.07, 6.45) is 1.16. The number of nitrogens with zero attached hydrogens (tertiary/aromatic N) is 1. The van der Waals surface area contributed by atoms with Crippen molar-refractivity contribution in [2.24, 2.45) is 5.10 Å². The molecule has 0 aromatic heterocycles. The molecule has 4 nitrogen and oxygen atoms in total. The van der Waals surface area contributed by atoms with E-state index in [1.807, 2.05) is 32.0 Å². The quantitative estimate of drug-likeness (QED) is 0.670. The summed E-state index contributed by atoms with van der Waals surface area (Å²) in [5, 5.41) is 3.90. The molecular formula is C17H16ClFN2O2. The van der Waals surface area contributed by atoms with Gasteiger partial charge in [-0.2, -0.15) is 5.10 Å². The highest BCUT2D eigenvalue weighted by molar-refractivity contribution is 6.33. The van der Waals surface area contributed by atoms with Crippen LogP contribution in [0.2, 0.25) is 5.02 Å². The van der Waals surface area contributed by atoms with Crippen molar-refractivity contribution in [1.82, 2.24) is 5.43 Å². The molecule has 2 aromatic rings. The van der Waals surface area contributed by atoms with E-state index in [1.165, 1.54) is 18.2 Å². The fourth-order valence-corrected chi connectivity index (χ4v) is 2.05. The maximum Gasteiger partial charge on any atom is 0.277 e. The molecule has 0 aliphatic heterocycles. The summed E-state index contributed by atoms with van der Waals surface area (Å²) < 4.78 is 19.0. The van der Waals surface area contributed by atoms with Crippen molar-refractivity contribution in [3.63, 3.8) is 0 Å². The second-order valence-corrected chi connectivity index (χ2v) is 5.39. The van der Waals surface area contributed by atoms with Crippen LogP contribution >= 0.6 is 11.6 Å². The van der Waals surface area contributed by atoms with Crippen molar-refractivity contribution in [1.29, 1.82) is 0 Å². The highest BCUT2D eigenvalue weighted by Gasteiger charge is 2.06. The predicted molar refractivity (Wildman–Crippen MR) is 88.6 cm³/mol. The number of carbonyl (C=O) groups is 1. The van der Waals surface area contributed by atoms with Crippen LogP contribution in [0.15, 0.2) is 41.5 Å². The molecule has 23 heavy (non-hydrogen) atoms. The first-order chi connectivity index (χ1) is 11.0. The Bertz CT molecular complexity index is 727. The summed E-state index contributed by atoms with van der Waals surface area (Å²) >= 11 is 5.85. The van der Waals surface area contributed by atoms with Crippen LogP contribution in [0.5, 0.6) is 5.75 Å². The molecule has 0 atom stereocenters. The van der Waals surface area contributed by atoms with Crippen LogP contribution in [0.4, 0.5) is 4.39 Å². The third kappa shape index (κ3) is 4.79. The summed E-state index contributed by atoms with van der Waals surface area (Å²) in [7, 11) is 0. The Kier molecular flexibility index (Phi) is 5.71. The molecule has 0 unspecified atom stereocenters. The van der Waals surface area contributed by atoms with Gasteiger partial charge in [-0.1, -0.05) is 29.8 Å². The Morgan fingerprint density at radius 1 is 1.35 bits per heavy atom. The fourth-order valence-electron chi connectivity index (χ4n) is 1.84. The van der Waals surface area contributed by atoms with Gasteiger partial charge in [0.15, 0.2) is 6.61 Å². The lowest BCUT2D eigenvalue weighted by Crippen LogP contribution is -2.24. The van der Waals surface area contributed by atoms with Gasteiger partial charge in [0, 0.05) is 5.56 Å². The minimum absolute atomic E-state index is 0.116. The molecule has 0 radical (unpaired) electrons. The number of aryl methyl sites for hydroxylation is 2. The smallest absolute Gasteiger partial charge is 0.277 e. The number of hydrogen-bond donors (Lipinski definition) is 1. The summed E-state index contributed by atoms with van der Waals surface area (Å²) in [4.78, 5) is 11.7. The van der Waals surface area contributed by atoms with Crippen molar-refractivity contribution in [2.45, 2.75) is 13.8 Å². The van der Waals surface area contributed by atoms with Gasteiger partial charge in [-0.05, 0) is 43.2 Å². The van der Waals surface area contributed by atoms with Gasteiger partial charge in [0.05, 0.1) is 11.2 Å².